The average Bonchev–Trinajstić information content (AvgIpc) is 2.36. The van der Waals surface area contributed by atoms with Crippen LogP contribution in [0.5, 0.6) is 0 Å². The fourth-order valence-corrected chi connectivity index (χ4v) is 0.799. The highest BCUT2D eigenvalue weighted by atomic mass is 16.2. The van der Waals surface area contributed by atoms with Crippen LogP contribution in [0, 0.1) is 0 Å². The van der Waals surface area contributed by atoms with E-state index >= 15 is 0 Å². The van der Waals surface area contributed by atoms with Gasteiger partial charge in [0, 0.05) is 21.1 Å². The first-order chi connectivity index (χ1) is 6.02. The third kappa shape index (κ3) is 1.95. The van der Waals surface area contributed by atoms with Crippen molar-refractivity contribution in [3.8, 4) is 0 Å². The highest BCUT2D eigenvalue weighted by Gasteiger charge is 2.08. The van der Waals surface area contributed by atoms with Crippen LogP contribution < -0.4 is 5.69 Å². The Hall–Kier alpha value is -1.59. The van der Waals surface area contributed by atoms with E-state index in [4.69, 9.17) is 0 Å². The number of rotatable bonds is 2. The molecule has 0 aliphatic rings. The van der Waals surface area contributed by atoms with Crippen molar-refractivity contribution in [2.45, 2.75) is 6.54 Å². The smallest absolute Gasteiger partial charge is 0.345 e. The van der Waals surface area contributed by atoms with E-state index in [0.29, 0.717) is 0 Å². The Kier molecular flexibility index (Phi) is 2.50. The maximum atomic E-state index is 11.2. The Morgan fingerprint density at radius 3 is 2.62 bits per heavy atom. The molecule has 1 aromatic rings. The number of nitrogens with zero attached hydrogens (tertiary/aromatic N) is 4. The molecular weight excluding hydrogens is 172 g/mol. The Morgan fingerprint density at radius 2 is 2.23 bits per heavy atom. The van der Waals surface area contributed by atoms with Crippen LogP contribution in [0.3, 0.4) is 0 Å². The highest BCUT2D eigenvalue weighted by molar-refractivity contribution is 5.75. The van der Waals surface area contributed by atoms with Gasteiger partial charge in [0.1, 0.15) is 12.9 Å². The second-order valence-electron chi connectivity index (χ2n) is 2.97. The van der Waals surface area contributed by atoms with Gasteiger partial charge in [0.15, 0.2) is 0 Å². The molecule has 1 aromatic heterocycles. The molecule has 0 aliphatic heterocycles. The monoisotopic (exact) mass is 184 g/mol. The topological polar surface area (TPSA) is 60.1 Å². The molecule has 6 nitrogen and oxygen atoms in total. The van der Waals surface area contributed by atoms with Gasteiger partial charge in [-0.3, -0.25) is 9.36 Å². The number of hydrogen-bond acceptors (Lipinski definition) is 3. The first kappa shape index (κ1) is 9.50. The summed E-state index contributed by atoms with van der Waals surface area (Å²) in [6.45, 7) is -0.00727. The maximum absolute atomic E-state index is 11.2. The van der Waals surface area contributed by atoms with E-state index in [1.54, 1.807) is 21.1 Å². The molecule has 72 valence electrons. The molecule has 13 heavy (non-hydrogen) atoms. The van der Waals surface area contributed by atoms with Gasteiger partial charge in [0.2, 0.25) is 5.91 Å². The van der Waals surface area contributed by atoms with E-state index in [2.05, 4.69) is 5.10 Å². The molecule has 0 aromatic carbocycles. The van der Waals surface area contributed by atoms with Crippen molar-refractivity contribution in [3.63, 3.8) is 0 Å². The van der Waals surface area contributed by atoms with E-state index < -0.39 is 0 Å². The fourth-order valence-electron chi connectivity index (χ4n) is 0.799. The van der Waals surface area contributed by atoms with Crippen LogP contribution in [0.2, 0.25) is 0 Å². The van der Waals surface area contributed by atoms with Gasteiger partial charge in [-0.05, 0) is 0 Å². The Morgan fingerprint density at radius 1 is 1.62 bits per heavy atom. The van der Waals surface area contributed by atoms with Crippen molar-refractivity contribution in [1.29, 1.82) is 0 Å². The minimum Gasteiger partial charge on any atom is -0.347 e. The molecule has 1 heterocycles. The molecular formula is C7H12N4O2. The lowest BCUT2D eigenvalue weighted by Gasteiger charge is -2.08. The van der Waals surface area contributed by atoms with E-state index in [9.17, 15) is 9.59 Å². The molecule has 0 fully saturated rings. The number of likely N-dealkylation sites (N-methyl/N-ethyl adjacent to an activating group) is 1. The van der Waals surface area contributed by atoms with Crippen molar-refractivity contribution >= 4 is 5.91 Å². The minimum atomic E-state index is -0.282. The van der Waals surface area contributed by atoms with Crippen LogP contribution in [-0.4, -0.2) is 39.3 Å². The fraction of sp³-hybridized carbons (Fsp3) is 0.571. The number of amides is 1. The second kappa shape index (κ2) is 3.42. The SMILES string of the molecule is CN(C)C(=O)Cn1ncn(C)c1=O. The Bertz CT molecular complexity index is 363. The number of aryl methyl sites for hydroxylation is 1. The third-order valence-electron chi connectivity index (χ3n) is 1.67. The first-order valence-electron chi connectivity index (χ1n) is 3.81. The highest BCUT2D eigenvalue weighted by Crippen LogP contribution is 1.82. The van der Waals surface area contributed by atoms with Crippen molar-refractivity contribution in [2.24, 2.45) is 7.05 Å². The van der Waals surface area contributed by atoms with Crippen molar-refractivity contribution in [2.75, 3.05) is 14.1 Å². The van der Waals surface area contributed by atoms with Crippen molar-refractivity contribution in [3.05, 3.63) is 16.8 Å². The lowest BCUT2D eigenvalue weighted by Crippen LogP contribution is -2.32. The molecule has 0 saturated carbocycles. The predicted octanol–water partition coefficient (Wildman–Crippen LogP) is -1.33. The van der Waals surface area contributed by atoms with Crippen LogP contribution in [0.1, 0.15) is 0 Å². The van der Waals surface area contributed by atoms with Crippen LogP contribution in [0.25, 0.3) is 0 Å². The summed E-state index contributed by atoms with van der Waals surface area (Å²) in [6.07, 6.45) is 1.38. The van der Waals surface area contributed by atoms with Gasteiger partial charge in [-0.25, -0.2) is 9.48 Å². The zero-order valence-corrected chi connectivity index (χ0v) is 7.89. The number of hydrogen-bond donors (Lipinski definition) is 0. The minimum absolute atomic E-state index is 0.00727. The summed E-state index contributed by atoms with van der Waals surface area (Å²) in [5.74, 6) is -0.152. The molecule has 0 bridgehead atoms. The van der Waals surface area contributed by atoms with E-state index in [1.807, 2.05) is 0 Å². The number of aromatic nitrogens is 3. The summed E-state index contributed by atoms with van der Waals surface area (Å²) in [6, 6.07) is 0. The number of carbonyl (C=O) groups is 1. The normalized spacial score (nSPS) is 10.1. The van der Waals surface area contributed by atoms with Crippen LogP contribution in [-0.2, 0) is 18.4 Å². The molecule has 0 radical (unpaired) electrons. The van der Waals surface area contributed by atoms with E-state index in [0.717, 1.165) is 4.68 Å². The summed E-state index contributed by atoms with van der Waals surface area (Å²) in [5.41, 5.74) is -0.282. The van der Waals surface area contributed by atoms with Gasteiger partial charge in [0.05, 0.1) is 0 Å². The van der Waals surface area contributed by atoms with Crippen molar-refractivity contribution in [1.82, 2.24) is 19.2 Å². The first-order valence-corrected chi connectivity index (χ1v) is 3.81. The molecule has 0 unspecified atom stereocenters. The molecule has 0 saturated heterocycles. The second-order valence-corrected chi connectivity index (χ2v) is 2.97. The summed E-state index contributed by atoms with van der Waals surface area (Å²) in [5, 5.41) is 3.76. The zero-order chi connectivity index (χ0) is 10.0. The van der Waals surface area contributed by atoms with E-state index in [-0.39, 0.29) is 18.1 Å². The summed E-state index contributed by atoms with van der Waals surface area (Å²) in [7, 11) is 4.86. The molecule has 1 amide bonds. The molecule has 0 spiro atoms. The molecule has 0 N–H and O–H groups in total. The maximum Gasteiger partial charge on any atom is 0.345 e. The Balaban J connectivity index is 2.81. The standard InChI is InChI=1S/C7H12N4O2/c1-9(2)6(12)4-11-7(13)10(3)5-8-11/h5H,4H2,1-3H3. The van der Waals surface area contributed by atoms with Crippen LogP contribution in [0.4, 0.5) is 0 Å². The molecule has 0 aliphatic carbocycles. The lowest BCUT2D eigenvalue weighted by molar-refractivity contribution is -0.129. The zero-order valence-electron chi connectivity index (χ0n) is 7.89. The van der Waals surface area contributed by atoms with Gasteiger partial charge in [-0.2, -0.15) is 5.10 Å². The molecule has 1 rings (SSSR count). The van der Waals surface area contributed by atoms with Gasteiger partial charge in [-0.15, -0.1) is 0 Å². The van der Waals surface area contributed by atoms with Gasteiger partial charge < -0.3 is 4.90 Å². The van der Waals surface area contributed by atoms with Crippen molar-refractivity contribution < 1.29 is 4.79 Å². The summed E-state index contributed by atoms with van der Waals surface area (Å²) >= 11 is 0. The average molecular weight is 184 g/mol. The lowest BCUT2D eigenvalue weighted by atomic mass is 10.5. The van der Waals surface area contributed by atoms with E-state index in [1.165, 1.54) is 15.8 Å². The molecule has 0 atom stereocenters. The summed E-state index contributed by atoms with van der Waals surface area (Å²) < 4.78 is 2.45. The largest absolute Gasteiger partial charge is 0.347 e. The predicted molar refractivity (Wildman–Crippen MR) is 46.2 cm³/mol. The number of carbonyl (C=O) groups excluding carboxylic acids is 1. The quantitative estimate of drug-likeness (QED) is 0.572. The van der Waals surface area contributed by atoms with Crippen LogP contribution >= 0.6 is 0 Å². The van der Waals surface area contributed by atoms with Gasteiger partial charge in [0.25, 0.3) is 0 Å². The summed E-state index contributed by atoms with van der Waals surface area (Å²) in [4.78, 5) is 23.8. The van der Waals surface area contributed by atoms with Gasteiger partial charge in [-0.1, -0.05) is 0 Å². The Labute approximate surface area is 75.4 Å². The third-order valence-corrected chi connectivity index (χ3v) is 1.67. The van der Waals surface area contributed by atoms with Crippen LogP contribution in [0.15, 0.2) is 11.1 Å². The van der Waals surface area contributed by atoms with Gasteiger partial charge >= 0.3 is 5.69 Å². The molecule has 6 heteroatoms.